The van der Waals surface area contributed by atoms with E-state index in [1.165, 1.54) is 37.9 Å². The fraction of sp³-hybridized carbons (Fsp3) is 0.700. The molecule has 1 aliphatic heterocycles. The lowest BCUT2D eigenvalue weighted by Gasteiger charge is -2.24. The van der Waals surface area contributed by atoms with Crippen molar-refractivity contribution < 1.29 is 17.9 Å². The lowest BCUT2D eigenvalue weighted by Crippen LogP contribution is -2.45. The van der Waals surface area contributed by atoms with Crippen molar-refractivity contribution in [3.8, 4) is 5.88 Å². The summed E-state index contributed by atoms with van der Waals surface area (Å²) in [4.78, 5) is 11.0. The lowest BCUT2D eigenvalue weighted by atomic mass is 10.2. The molecule has 2 heterocycles. The summed E-state index contributed by atoms with van der Waals surface area (Å²) in [6, 6.07) is 4.31. The SMILES string of the molecule is CCNC(=NCc1ccnc(OCC(F)(F)F)c1)NC1CCN(C2CCCC2)C1. The number of pyridine rings is 1. The minimum absolute atomic E-state index is 0.0454. The lowest BCUT2D eigenvalue weighted by molar-refractivity contribution is -0.154. The van der Waals surface area contributed by atoms with Gasteiger partial charge >= 0.3 is 6.18 Å². The Labute approximate surface area is 169 Å². The quantitative estimate of drug-likeness (QED) is 0.531. The van der Waals surface area contributed by atoms with Crippen LogP contribution in [0.2, 0.25) is 0 Å². The fourth-order valence-electron chi connectivity index (χ4n) is 3.97. The van der Waals surface area contributed by atoms with Crippen molar-refractivity contribution >= 4 is 5.96 Å². The number of likely N-dealkylation sites (tertiary alicyclic amines) is 1. The summed E-state index contributed by atoms with van der Waals surface area (Å²) in [6.45, 7) is 3.87. The van der Waals surface area contributed by atoms with Gasteiger partial charge in [0.15, 0.2) is 12.6 Å². The molecule has 1 aromatic rings. The number of aliphatic imine (C=N–C) groups is 1. The van der Waals surface area contributed by atoms with Crippen LogP contribution in [-0.2, 0) is 6.54 Å². The predicted molar refractivity (Wildman–Crippen MR) is 106 cm³/mol. The highest BCUT2D eigenvalue weighted by Crippen LogP contribution is 2.26. The zero-order valence-corrected chi connectivity index (χ0v) is 16.8. The second-order valence-electron chi connectivity index (χ2n) is 7.66. The van der Waals surface area contributed by atoms with E-state index in [4.69, 9.17) is 4.74 Å². The number of rotatable bonds is 7. The maximum absolute atomic E-state index is 12.3. The molecular formula is C20H30F3N5O. The second-order valence-corrected chi connectivity index (χ2v) is 7.66. The fourth-order valence-corrected chi connectivity index (χ4v) is 3.97. The van der Waals surface area contributed by atoms with E-state index in [0.717, 1.165) is 43.6 Å². The summed E-state index contributed by atoms with van der Waals surface area (Å²) >= 11 is 0. The average Bonchev–Trinajstić information content (AvgIpc) is 3.36. The van der Waals surface area contributed by atoms with Crippen molar-refractivity contribution in [2.45, 2.75) is 63.8 Å². The van der Waals surface area contributed by atoms with Crippen molar-refractivity contribution in [1.82, 2.24) is 20.5 Å². The molecular weight excluding hydrogens is 383 g/mol. The molecule has 1 aromatic heterocycles. The minimum Gasteiger partial charge on any atom is -0.468 e. The summed E-state index contributed by atoms with van der Waals surface area (Å²) in [6.07, 6.45) is 3.43. The van der Waals surface area contributed by atoms with Crippen molar-refractivity contribution in [3.63, 3.8) is 0 Å². The van der Waals surface area contributed by atoms with Crippen LogP contribution in [0.25, 0.3) is 0 Å². The van der Waals surface area contributed by atoms with E-state index >= 15 is 0 Å². The third-order valence-electron chi connectivity index (χ3n) is 5.35. The smallest absolute Gasteiger partial charge is 0.422 e. The molecule has 162 valence electrons. The number of aromatic nitrogens is 1. The van der Waals surface area contributed by atoms with Crippen molar-refractivity contribution in [1.29, 1.82) is 0 Å². The van der Waals surface area contributed by atoms with Gasteiger partial charge in [-0.1, -0.05) is 12.8 Å². The van der Waals surface area contributed by atoms with Crippen molar-refractivity contribution in [3.05, 3.63) is 23.9 Å². The first-order valence-corrected chi connectivity index (χ1v) is 10.4. The average molecular weight is 413 g/mol. The van der Waals surface area contributed by atoms with Gasteiger partial charge in [0.1, 0.15) is 0 Å². The van der Waals surface area contributed by atoms with Crippen molar-refractivity contribution in [2.75, 3.05) is 26.2 Å². The van der Waals surface area contributed by atoms with E-state index in [1.807, 2.05) is 6.92 Å². The maximum atomic E-state index is 12.3. The molecule has 9 heteroatoms. The van der Waals surface area contributed by atoms with Crippen molar-refractivity contribution in [2.24, 2.45) is 4.99 Å². The first-order chi connectivity index (χ1) is 13.9. The first-order valence-electron chi connectivity index (χ1n) is 10.4. The highest BCUT2D eigenvalue weighted by Gasteiger charge is 2.30. The summed E-state index contributed by atoms with van der Waals surface area (Å²) in [5, 5.41) is 6.75. The zero-order valence-electron chi connectivity index (χ0n) is 16.8. The molecule has 0 spiro atoms. The van der Waals surface area contributed by atoms with Gasteiger partial charge in [-0.15, -0.1) is 0 Å². The monoisotopic (exact) mass is 413 g/mol. The van der Waals surface area contributed by atoms with Crippen LogP contribution in [0.3, 0.4) is 0 Å². The maximum Gasteiger partial charge on any atom is 0.422 e. The second kappa shape index (κ2) is 10.1. The summed E-state index contributed by atoms with van der Waals surface area (Å²) < 4.78 is 41.6. The van der Waals surface area contributed by atoms with E-state index < -0.39 is 12.8 Å². The van der Waals surface area contributed by atoms with Gasteiger partial charge in [-0.3, -0.25) is 4.90 Å². The topological polar surface area (TPSA) is 61.8 Å². The largest absolute Gasteiger partial charge is 0.468 e. The van der Waals surface area contributed by atoms with Gasteiger partial charge in [-0.25, -0.2) is 9.98 Å². The molecule has 6 nitrogen and oxygen atoms in total. The Morgan fingerprint density at radius 3 is 2.83 bits per heavy atom. The first kappa shape index (κ1) is 21.7. The van der Waals surface area contributed by atoms with Crippen LogP contribution in [0.1, 0.15) is 44.6 Å². The Bertz CT molecular complexity index is 676. The zero-order chi connectivity index (χ0) is 20.7. The molecule has 2 N–H and O–H groups in total. The Kier molecular flexibility index (Phi) is 7.57. The molecule has 1 unspecified atom stereocenters. The van der Waals surface area contributed by atoms with Crippen LogP contribution in [0, 0.1) is 0 Å². The molecule has 1 saturated heterocycles. The Balaban J connectivity index is 1.54. The molecule has 0 radical (unpaired) electrons. The molecule has 1 aliphatic carbocycles. The van der Waals surface area contributed by atoms with Gasteiger partial charge in [-0.2, -0.15) is 13.2 Å². The molecule has 0 aromatic carbocycles. The van der Waals surface area contributed by atoms with Crippen LogP contribution in [0.5, 0.6) is 5.88 Å². The van der Waals surface area contributed by atoms with Gasteiger partial charge < -0.3 is 15.4 Å². The highest BCUT2D eigenvalue weighted by molar-refractivity contribution is 5.80. The molecule has 0 bridgehead atoms. The summed E-state index contributed by atoms with van der Waals surface area (Å²) in [5.41, 5.74) is 0.744. The van der Waals surface area contributed by atoms with Crippen LogP contribution in [0.15, 0.2) is 23.3 Å². The summed E-state index contributed by atoms with van der Waals surface area (Å²) in [7, 11) is 0. The van der Waals surface area contributed by atoms with Crippen LogP contribution in [-0.4, -0.2) is 60.3 Å². The number of nitrogens with zero attached hydrogens (tertiary/aromatic N) is 3. The number of alkyl halides is 3. The number of halogens is 3. The molecule has 0 amide bonds. The van der Waals surface area contributed by atoms with Crippen LogP contribution >= 0.6 is 0 Å². The molecule has 3 rings (SSSR count). The number of hydrogen-bond donors (Lipinski definition) is 2. The number of hydrogen-bond acceptors (Lipinski definition) is 4. The van der Waals surface area contributed by atoms with Crippen LogP contribution in [0.4, 0.5) is 13.2 Å². The number of guanidine groups is 1. The third-order valence-corrected chi connectivity index (χ3v) is 5.35. The Morgan fingerprint density at radius 2 is 2.10 bits per heavy atom. The molecule has 2 aliphatic rings. The van der Waals surface area contributed by atoms with Gasteiger partial charge in [0, 0.05) is 44.0 Å². The van der Waals surface area contributed by atoms with E-state index in [9.17, 15) is 13.2 Å². The van der Waals surface area contributed by atoms with E-state index in [1.54, 1.807) is 6.07 Å². The van der Waals surface area contributed by atoms with Gasteiger partial charge in [-0.05, 0) is 37.8 Å². The Hall–Kier alpha value is -2.03. The minimum atomic E-state index is -4.38. The molecule has 1 atom stereocenters. The normalized spacial score (nSPS) is 21.5. The van der Waals surface area contributed by atoms with Gasteiger partial charge in [0.25, 0.3) is 0 Å². The summed E-state index contributed by atoms with van der Waals surface area (Å²) in [5.74, 6) is 0.677. The Morgan fingerprint density at radius 1 is 1.31 bits per heavy atom. The molecule has 29 heavy (non-hydrogen) atoms. The highest BCUT2D eigenvalue weighted by atomic mass is 19.4. The van der Waals surface area contributed by atoms with Gasteiger partial charge in [0.05, 0.1) is 6.54 Å². The van der Waals surface area contributed by atoms with Gasteiger partial charge in [0.2, 0.25) is 5.88 Å². The predicted octanol–water partition coefficient (Wildman–Crippen LogP) is 3.09. The standard InChI is InChI=1S/C20H30F3N5O/c1-2-24-19(27-16-8-10-28(13-16)17-5-3-4-6-17)26-12-15-7-9-25-18(11-15)29-14-20(21,22)23/h7,9,11,16-17H,2-6,8,10,12-14H2,1H3,(H2,24,26,27). The third kappa shape index (κ3) is 7.06. The number of nitrogens with one attached hydrogen (secondary N) is 2. The molecule has 1 saturated carbocycles. The van der Waals surface area contributed by atoms with E-state index in [2.05, 4.69) is 25.5 Å². The van der Waals surface area contributed by atoms with Crippen LogP contribution < -0.4 is 15.4 Å². The number of ether oxygens (including phenoxy) is 1. The molecule has 2 fully saturated rings. The van der Waals surface area contributed by atoms with E-state index in [0.29, 0.717) is 12.6 Å². The van der Waals surface area contributed by atoms with E-state index in [-0.39, 0.29) is 5.88 Å².